The quantitative estimate of drug-likeness (QED) is 0.600. The molecule has 0 fully saturated rings. The van der Waals surface area contributed by atoms with Crippen LogP contribution in [0.2, 0.25) is 0 Å². The molecule has 2 N–H and O–H groups in total. The molecule has 0 unspecified atom stereocenters. The normalized spacial score (nSPS) is 10.7. The van der Waals surface area contributed by atoms with E-state index in [1.807, 2.05) is 12.1 Å². The predicted molar refractivity (Wildman–Crippen MR) is 99.7 cm³/mol. The molecule has 0 heterocycles. The van der Waals surface area contributed by atoms with Crippen molar-refractivity contribution in [3.8, 4) is 11.5 Å². The van der Waals surface area contributed by atoms with Gasteiger partial charge in [-0.2, -0.15) is 5.10 Å². The minimum Gasteiger partial charge on any atom is -0.504 e. The van der Waals surface area contributed by atoms with Gasteiger partial charge in [-0.15, -0.1) is 0 Å². The van der Waals surface area contributed by atoms with Gasteiger partial charge in [-0.05, 0) is 50.2 Å². The van der Waals surface area contributed by atoms with E-state index in [0.29, 0.717) is 16.9 Å². The summed E-state index contributed by atoms with van der Waals surface area (Å²) in [5.41, 5.74) is 4.50. The second-order valence-corrected chi connectivity index (χ2v) is 5.32. The zero-order chi connectivity index (χ0) is 18.2. The highest BCUT2D eigenvalue weighted by Gasteiger charge is 2.07. The van der Waals surface area contributed by atoms with Gasteiger partial charge in [0.25, 0.3) is 5.91 Å². The molecule has 0 aromatic heterocycles. The Morgan fingerprint density at radius 3 is 2.48 bits per heavy atom. The van der Waals surface area contributed by atoms with Crippen LogP contribution in [0.15, 0.2) is 47.6 Å². The number of phenols is 1. The molecule has 2 aromatic rings. The fraction of sp³-hybridized carbons (Fsp3) is 0.263. The molecule has 25 heavy (non-hydrogen) atoms. The molecule has 0 aliphatic carbocycles. The summed E-state index contributed by atoms with van der Waals surface area (Å²) < 4.78 is 5.03. The van der Waals surface area contributed by atoms with Crippen molar-refractivity contribution in [2.75, 3.05) is 25.1 Å². The molecule has 0 saturated heterocycles. The Kier molecular flexibility index (Phi) is 6.39. The molecule has 0 aliphatic heterocycles. The van der Waals surface area contributed by atoms with E-state index in [4.69, 9.17) is 4.74 Å². The fourth-order valence-corrected chi connectivity index (χ4v) is 2.45. The molecule has 1 amide bonds. The van der Waals surface area contributed by atoms with Gasteiger partial charge in [0.1, 0.15) is 0 Å². The average Bonchev–Trinajstić information content (AvgIpc) is 2.64. The van der Waals surface area contributed by atoms with E-state index in [1.165, 1.54) is 13.3 Å². The summed E-state index contributed by atoms with van der Waals surface area (Å²) in [7, 11) is 1.47. The van der Waals surface area contributed by atoms with Crippen LogP contribution in [0.3, 0.4) is 0 Å². The minimum atomic E-state index is -0.315. The number of nitrogens with one attached hydrogen (secondary N) is 1. The van der Waals surface area contributed by atoms with Gasteiger partial charge in [0.15, 0.2) is 11.5 Å². The van der Waals surface area contributed by atoms with E-state index in [1.54, 1.807) is 30.3 Å². The summed E-state index contributed by atoms with van der Waals surface area (Å²) >= 11 is 0. The lowest BCUT2D eigenvalue weighted by Gasteiger charge is -2.20. The largest absolute Gasteiger partial charge is 0.504 e. The van der Waals surface area contributed by atoms with Crippen LogP contribution in [0.25, 0.3) is 0 Å². The molecule has 0 spiro atoms. The van der Waals surface area contributed by atoms with E-state index < -0.39 is 0 Å². The van der Waals surface area contributed by atoms with Gasteiger partial charge >= 0.3 is 0 Å². The van der Waals surface area contributed by atoms with Crippen molar-refractivity contribution in [2.24, 2.45) is 5.10 Å². The van der Waals surface area contributed by atoms with Crippen LogP contribution in [-0.4, -0.2) is 37.4 Å². The van der Waals surface area contributed by atoms with Crippen molar-refractivity contribution >= 4 is 17.8 Å². The molecule has 6 heteroatoms. The lowest BCUT2D eigenvalue weighted by atomic mass is 10.2. The highest BCUT2D eigenvalue weighted by Crippen LogP contribution is 2.27. The van der Waals surface area contributed by atoms with Gasteiger partial charge in [-0.3, -0.25) is 4.79 Å². The summed E-state index contributed by atoms with van der Waals surface area (Å²) in [6.45, 7) is 6.01. The van der Waals surface area contributed by atoms with Gasteiger partial charge in [0, 0.05) is 29.9 Å². The second kappa shape index (κ2) is 8.73. The minimum absolute atomic E-state index is 0.0217. The SMILES string of the molecule is CCN(CC)c1ccc(C(=O)N/N=C/c2cccc(OC)c2O)cc1. The van der Waals surface area contributed by atoms with E-state index in [-0.39, 0.29) is 11.7 Å². The summed E-state index contributed by atoms with van der Waals surface area (Å²) in [5, 5.41) is 13.9. The zero-order valence-electron chi connectivity index (χ0n) is 14.7. The molecule has 0 saturated carbocycles. The standard InChI is InChI=1S/C19H23N3O3/c1-4-22(5-2)16-11-9-14(10-12-16)19(24)21-20-13-15-7-6-8-17(25-3)18(15)23/h6-13,23H,4-5H2,1-3H3,(H,21,24)/b20-13+. The Labute approximate surface area is 147 Å². The second-order valence-electron chi connectivity index (χ2n) is 5.32. The average molecular weight is 341 g/mol. The number of phenolic OH excluding ortho intramolecular Hbond substituents is 1. The summed E-state index contributed by atoms with van der Waals surface area (Å²) in [4.78, 5) is 14.3. The summed E-state index contributed by atoms with van der Waals surface area (Å²) in [6.07, 6.45) is 1.38. The van der Waals surface area contributed by atoms with Gasteiger partial charge in [-0.1, -0.05) is 6.07 Å². The first-order valence-corrected chi connectivity index (χ1v) is 8.15. The third kappa shape index (κ3) is 4.50. The van der Waals surface area contributed by atoms with Crippen LogP contribution in [0.1, 0.15) is 29.8 Å². The Hall–Kier alpha value is -3.02. The number of methoxy groups -OCH3 is 1. The highest BCUT2D eigenvalue weighted by molar-refractivity contribution is 5.95. The molecule has 2 rings (SSSR count). The molecule has 0 bridgehead atoms. The zero-order valence-corrected chi connectivity index (χ0v) is 14.7. The van der Waals surface area contributed by atoms with E-state index >= 15 is 0 Å². The number of anilines is 1. The Balaban J connectivity index is 2.03. The van der Waals surface area contributed by atoms with Crippen LogP contribution in [0.4, 0.5) is 5.69 Å². The molecule has 0 aliphatic rings. The van der Waals surface area contributed by atoms with E-state index in [2.05, 4.69) is 29.3 Å². The first-order valence-electron chi connectivity index (χ1n) is 8.15. The van der Waals surface area contributed by atoms with Gasteiger partial charge < -0.3 is 14.7 Å². The first-order chi connectivity index (χ1) is 12.1. The van der Waals surface area contributed by atoms with Crippen LogP contribution < -0.4 is 15.1 Å². The van der Waals surface area contributed by atoms with Crippen molar-refractivity contribution in [2.45, 2.75) is 13.8 Å². The van der Waals surface area contributed by atoms with Crippen LogP contribution >= 0.6 is 0 Å². The number of hydrogen-bond acceptors (Lipinski definition) is 5. The summed E-state index contributed by atoms with van der Waals surface area (Å²) in [6, 6.07) is 12.4. The number of carbonyl (C=O) groups is 1. The van der Waals surface area contributed by atoms with Crippen molar-refractivity contribution in [1.29, 1.82) is 0 Å². The first kappa shape index (κ1) is 18.3. The molecule has 6 nitrogen and oxygen atoms in total. The number of hydrogen-bond donors (Lipinski definition) is 2. The molecular formula is C19H23N3O3. The highest BCUT2D eigenvalue weighted by atomic mass is 16.5. The Morgan fingerprint density at radius 1 is 1.20 bits per heavy atom. The van der Waals surface area contributed by atoms with Crippen molar-refractivity contribution in [3.05, 3.63) is 53.6 Å². The number of aromatic hydroxyl groups is 1. The maximum atomic E-state index is 12.1. The number of rotatable bonds is 7. The fourth-order valence-electron chi connectivity index (χ4n) is 2.45. The lowest BCUT2D eigenvalue weighted by Crippen LogP contribution is -2.22. The third-order valence-corrected chi connectivity index (χ3v) is 3.88. The Bertz CT molecular complexity index is 738. The Morgan fingerprint density at radius 2 is 1.88 bits per heavy atom. The number of amides is 1. The van der Waals surface area contributed by atoms with E-state index in [0.717, 1.165) is 18.8 Å². The molecule has 2 aromatic carbocycles. The number of benzene rings is 2. The van der Waals surface area contributed by atoms with Crippen molar-refractivity contribution in [3.63, 3.8) is 0 Å². The lowest BCUT2D eigenvalue weighted by molar-refractivity contribution is 0.0955. The van der Waals surface area contributed by atoms with Gasteiger partial charge in [0.05, 0.1) is 13.3 Å². The third-order valence-electron chi connectivity index (χ3n) is 3.88. The molecule has 0 atom stereocenters. The number of para-hydroxylation sites is 1. The maximum Gasteiger partial charge on any atom is 0.271 e. The molecular weight excluding hydrogens is 318 g/mol. The van der Waals surface area contributed by atoms with E-state index in [9.17, 15) is 9.90 Å². The topological polar surface area (TPSA) is 74.2 Å². The molecule has 132 valence electrons. The maximum absolute atomic E-state index is 12.1. The van der Waals surface area contributed by atoms with Gasteiger partial charge in [0.2, 0.25) is 0 Å². The number of nitrogens with zero attached hydrogens (tertiary/aromatic N) is 2. The van der Waals surface area contributed by atoms with Gasteiger partial charge in [-0.25, -0.2) is 5.43 Å². The van der Waals surface area contributed by atoms with Crippen molar-refractivity contribution < 1.29 is 14.6 Å². The number of hydrazone groups is 1. The van der Waals surface area contributed by atoms with Crippen LogP contribution in [-0.2, 0) is 0 Å². The van der Waals surface area contributed by atoms with Crippen LogP contribution in [0, 0.1) is 0 Å². The summed E-state index contributed by atoms with van der Waals surface area (Å²) in [5.74, 6) is 0.0126. The predicted octanol–water partition coefficient (Wildman–Crippen LogP) is 3.01. The van der Waals surface area contributed by atoms with Crippen molar-refractivity contribution in [1.82, 2.24) is 5.43 Å². The number of carbonyl (C=O) groups excluding carboxylic acids is 1. The monoisotopic (exact) mass is 341 g/mol. The van der Waals surface area contributed by atoms with Crippen LogP contribution in [0.5, 0.6) is 11.5 Å². The molecule has 0 radical (unpaired) electrons. The smallest absolute Gasteiger partial charge is 0.271 e. The number of ether oxygens (including phenoxy) is 1.